The van der Waals surface area contributed by atoms with Gasteiger partial charge < -0.3 is 5.11 Å². The lowest BCUT2D eigenvalue weighted by Crippen LogP contribution is -2.39. The molecule has 0 aliphatic carbocycles. The fourth-order valence-electron chi connectivity index (χ4n) is 3.27. The Bertz CT molecular complexity index is 705. The molecule has 2 unspecified atom stereocenters. The van der Waals surface area contributed by atoms with Gasteiger partial charge >= 0.3 is 5.97 Å². The number of carboxylic acid groups (broad SMARTS) is 1. The standard InChI is InChI=1S/C18H17Cl2NO2/c19-13-8-9-14(15(20)11-13)17(12-5-2-1-3-6-12)21-10-4-7-16(21)18(22)23/h1-3,5-6,8-9,11,16-17H,4,7,10H2,(H,22,23). The molecule has 2 aromatic carbocycles. The molecule has 0 amide bonds. The van der Waals surface area contributed by atoms with E-state index in [4.69, 9.17) is 23.2 Å². The van der Waals surface area contributed by atoms with Crippen molar-refractivity contribution in [2.45, 2.75) is 24.9 Å². The highest BCUT2D eigenvalue weighted by Gasteiger charge is 2.37. The minimum absolute atomic E-state index is 0.190. The highest BCUT2D eigenvalue weighted by molar-refractivity contribution is 6.35. The van der Waals surface area contributed by atoms with E-state index in [-0.39, 0.29) is 6.04 Å². The van der Waals surface area contributed by atoms with E-state index in [2.05, 4.69) is 0 Å². The first-order valence-corrected chi connectivity index (χ1v) is 8.32. The Morgan fingerprint density at radius 1 is 1.17 bits per heavy atom. The van der Waals surface area contributed by atoms with Gasteiger partial charge in [-0.2, -0.15) is 0 Å². The number of rotatable bonds is 4. The molecule has 120 valence electrons. The van der Waals surface area contributed by atoms with Crippen molar-refractivity contribution in [3.05, 3.63) is 69.7 Å². The van der Waals surface area contributed by atoms with E-state index in [1.165, 1.54) is 0 Å². The van der Waals surface area contributed by atoms with Crippen molar-refractivity contribution < 1.29 is 9.90 Å². The number of halogens is 2. The van der Waals surface area contributed by atoms with Gasteiger partial charge in [0.2, 0.25) is 0 Å². The largest absolute Gasteiger partial charge is 0.480 e. The van der Waals surface area contributed by atoms with Crippen molar-refractivity contribution in [2.24, 2.45) is 0 Å². The van der Waals surface area contributed by atoms with Gasteiger partial charge in [-0.15, -0.1) is 0 Å². The molecule has 5 heteroatoms. The first-order chi connectivity index (χ1) is 11.1. The topological polar surface area (TPSA) is 40.5 Å². The van der Waals surface area contributed by atoms with Crippen molar-refractivity contribution in [1.29, 1.82) is 0 Å². The summed E-state index contributed by atoms with van der Waals surface area (Å²) in [5.41, 5.74) is 1.92. The predicted octanol–water partition coefficient (Wildman–Crippen LogP) is 4.63. The zero-order valence-electron chi connectivity index (χ0n) is 12.5. The van der Waals surface area contributed by atoms with Crippen LogP contribution >= 0.6 is 23.2 Å². The number of aliphatic carboxylic acids is 1. The van der Waals surface area contributed by atoms with E-state index in [1.807, 2.05) is 41.3 Å². The van der Waals surface area contributed by atoms with Crippen molar-refractivity contribution >= 4 is 29.2 Å². The lowest BCUT2D eigenvalue weighted by molar-refractivity contribution is -0.142. The molecule has 0 radical (unpaired) electrons. The van der Waals surface area contributed by atoms with Crippen LogP contribution in [-0.2, 0) is 4.79 Å². The van der Waals surface area contributed by atoms with E-state index in [9.17, 15) is 9.90 Å². The Kier molecular flexibility index (Phi) is 4.90. The summed E-state index contributed by atoms with van der Waals surface area (Å²) in [5, 5.41) is 10.7. The number of hydrogen-bond acceptors (Lipinski definition) is 2. The second-order valence-corrected chi connectivity index (χ2v) is 6.56. The zero-order chi connectivity index (χ0) is 16.4. The van der Waals surface area contributed by atoms with Crippen LogP contribution in [0.2, 0.25) is 10.0 Å². The molecule has 1 N–H and O–H groups in total. The van der Waals surface area contributed by atoms with Gasteiger partial charge in [0, 0.05) is 16.6 Å². The summed E-state index contributed by atoms with van der Waals surface area (Å²) in [6, 6.07) is 14.6. The molecule has 0 bridgehead atoms. The lowest BCUT2D eigenvalue weighted by Gasteiger charge is -2.32. The first-order valence-electron chi connectivity index (χ1n) is 7.56. The van der Waals surface area contributed by atoms with Gasteiger partial charge in [0.05, 0.1) is 6.04 Å². The van der Waals surface area contributed by atoms with E-state index in [0.29, 0.717) is 16.5 Å². The lowest BCUT2D eigenvalue weighted by atomic mass is 9.96. The van der Waals surface area contributed by atoms with Crippen molar-refractivity contribution in [2.75, 3.05) is 6.54 Å². The Morgan fingerprint density at radius 3 is 2.57 bits per heavy atom. The smallest absolute Gasteiger partial charge is 0.320 e. The molecule has 0 spiro atoms. The fraction of sp³-hybridized carbons (Fsp3) is 0.278. The van der Waals surface area contributed by atoms with Gasteiger partial charge in [-0.3, -0.25) is 9.69 Å². The number of carboxylic acids is 1. The van der Waals surface area contributed by atoms with Crippen LogP contribution in [0.1, 0.15) is 30.0 Å². The Labute approximate surface area is 145 Å². The third-order valence-electron chi connectivity index (χ3n) is 4.28. The van der Waals surface area contributed by atoms with Crippen molar-refractivity contribution in [1.82, 2.24) is 4.90 Å². The molecular formula is C18H17Cl2NO2. The average molecular weight is 350 g/mol. The van der Waals surface area contributed by atoms with Gasteiger partial charge in [0.25, 0.3) is 0 Å². The normalized spacial score (nSPS) is 19.7. The second kappa shape index (κ2) is 6.91. The van der Waals surface area contributed by atoms with Crippen LogP contribution in [0.5, 0.6) is 0 Å². The number of benzene rings is 2. The molecule has 2 aromatic rings. The van der Waals surface area contributed by atoms with Gasteiger partial charge in [0.15, 0.2) is 0 Å². The molecule has 0 saturated carbocycles. The van der Waals surface area contributed by atoms with E-state index < -0.39 is 12.0 Å². The molecular weight excluding hydrogens is 333 g/mol. The first kappa shape index (κ1) is 16.3. The third-order valence-corrected chi connectivity index (χ3v) is 4.85. The van der Waals surface area contributed by atoms with Crippen LogP contribution in [0.4, 0.5) is 0 Å². The summed E-state index contributed by atoms with van der Waals surface area (Å²) >= 11 is 12.4. The Morgan fingerprint density at radius 2 is 1.91 bits per heavy atom. The maximum Gasteiger partial charge on any atom is 0.320 e. The molecule has 23 heavy (non-hydrogen) atoms. The van der Waals surface area contributed by atoms with Crippen molar-refractivity contribution in [3.63, 3.8) is 0 Å². The minimum Gasteiger partial charge on any atom is -0.480 e. The minimum atomic E-state index is -0.784. The average Bonchev–Trinajstić information content (AvgIpc) is 3.00. The van der Waals surface area contributed by atoms with Crippen molar-refractivity contribution in [3.8, 4) is 0 Å². The van der Waals surface area contributed by atoms with Crippen LogP contribution in [-0.4, -0.2) is 28.6 Å². The number of carbonyl (C=O) groups is 1. The zero-order valence-corrected chi connectivity index (χ0v) is 14.0. The Balaban J connectivity index is 2.09. The second-order valence-electron chi connectivity index (χ2n) is 5.71. The summed E-state index contributed by atoms with van der Waals surface area (Å²) in [6.45, 7) is 0.732. The van der Waals surface area contributed by atoms with E-state index >= 15 is 0 Å². The van der Waals surface area contributed by atoms with Crippen LogP contribution in [0.25, 0.3) is 0 Å². The maximum absolute atomic E-state index is 11.6. The molecule has 1 fully saturated rings. The fourth-order valence-corrected chi connectivity index (χ4v) is 3.78. The molecule has 1 aliphatic heterocycles. The third kappa shape index (κ3) is 3.37. The van der Waals surface area contributed by atoms with E-state index in [1.54, 1.807) is 12.1 Å². The van der Waals surface area contributed by atoms with Gasteiger partial charge in [-0.25, -0.2) is 0 Å². The summed E-state index contributed by atoms with van der Waals surface area (Å²) in [6.07, 6.45) is 1.52. The maximum atomic E-state index is 11.6. The number of nitrogens with zero attached hydrogens (tertiary/aromatic N) is 1. The van der Waals surface area contributed by atoms with Crippen LogP contribution in [0.15, 0.2) is 48.5 Å². The van der Waals surface area contributed by atoms with E-state index in [0.717, 1.165) is 24.1 Å². The van der Waals surface area contributed by atoms with Crippen LogP contribution in [0, 0.1) is 0 Å². The quantitative estimate of drug-likeness (QED) is 0.874. The Hall–Kier alpha value is -1.55. The van der Waals surface area contributed by atoms with Gasteiger partial charge in [0.1, 0.15) is 6.04 Å². The molecule has 2 atom stereocenters. The number of likely N-dealkylation sites (tertiary alicyclic amines) is 1. The summed E-state index contributed by atoms with van der Waals surface area (Å²) in [5.74, 6) is -0.784. The summed E-state index contributed by atoms with van der Waals surface area (Å²) in [7, 11) is 0. The SMILES string of the molecule is O=C(O)C1CCCN1C(c1ccccc1)c1ccc(Cl)cc1Cl. The molecule has 0 aromatic heterocycles. The highest BCUT2D eigenvalue weighted by atomic mass is 35.5. The molecule has 3 rings (SSSR count). The molecule has 3 nitrogen and oxygen atoms in total. The monoisotopic (exact) mass is 349 g/mol. The highest BCUT2D eigenvalue weighted by Crippen LogP contribution is 2.38. The van der Waals surface area contributed by atoms with Crippen LogP contribution in [0.3, 0.4) is 0 Å². The molecule has 1 heterocycles. The van der Waals surface area contributed by atoms with Gasteiger partial charge in [-0.05, 0) is 36.1 Å². The number of hydrogen-bond donors (Lipinski definition) is 1. The van der Waals surface area contributed by atoms with Gasteiger partial charge in [-0.1, -0.05) is 59.6 Å². The summed E-state index contributed by atoms with van der Waals surface area (Å²) in [4.78, 5) is 13.6. The summed E-state index contributed by atoms with van der Waals surface area (Å²) < 4.78 is 0. The van der Waals surface area contributed by atoms with Crippen LogP contribution < -0.4 is 0 Å². The molecule has 1 aliphatic rings. The predicted molar refractivity (Wildman–Crippen MR) is 92.1 cm³/mol. The molecule has 1 saturated heterocycles.